The molecule has 0 aromatic heterocycles. The molecular formula is C8H6Cl2F2N2O3. The first kappa shape index (κ1) is 13.7. The molecule has 0 bridgehead atoms. The van der Waals surface area contributed by atoms with Gasteiger partial charge >= 0.3 is 0 Å². The molecule has 0 aliphatic heterocycles. The van der Waals surface area contributed by atoms with Crippen LogP contribution < -0.4 is 10.5 Å². The van der Waals surface area contributed by atoms with Crippen molar-refractivity contribution in [1.29, 1.82) is 0 Å². The zero-order valence-corrected chi connectivity index (χ0v) is 9.63. The number of halogens is 4. The molecule has 0 radical (unpaired) electrons. The lowest BCUT2D eigenvalue weighted by Gasteiger charge is -2.11. The maximum Gasteiger partial charge on any atom is 0.295 e. The average Bonchev–Trinajstić information content (AvgIpc) is 2.22. The molecule has 0 unspecified atom stereocenters. The number of ether oxygens (including phenoxy) is 1. The van der Waals surface area contributed by atoms with Crippen molar-refractivity contribution >= 4 is 34.6 Å². The molecule has 1 aromatic rings. The van der Waals surface area contributed by atoms with E-state index in [1.54, 1.807) is 0 Å². The van der Waals surface area contributed by atoms with E-state index in [0.717, 1.165) is 6.07 Å². The molecule has 0 aliphatic carbocycles. The highest BCUT2D eigenvalue weighted by Gasteiger charge is 2.22. The summed E-state index contributed by atoms with van der Waals surface area (Å²) in [6.45, 7) is -0.934. The summed E-state index contributed by atoms with van der Waals surface area (Å²) in [7, 11) is 0. The minimum Gasteiger partial charge on any atom is -0.484 e. The van der Waals surface area contributed by atoms with Crippen molar-refractivity contribution in [3.8, 4) is 5.75 Å². The molecule has 0 saturated carbocycles. The number of hydrogen-bond acceptors (Lipinski definition) is 4. The SMILES string of the molecule is Nc1c([N+](=O)[O-])cc(Cl)c(OCC(F)F)c1Cl. The third-order valence-electron chi connectivity index (χ3n) is 1.74. The van der Waals surface area contributed by atoms with Crippen molar-refractivity contribution in [3.05, 3.63) is 26.2 Å². The van der Waals surface area contributed by atoms with Crippen LogP contribution in [0.25, 0.3) is 0 Å². The molecule has 0 atom stereocenters. The summed E-state index contributed by atoms with van der Waals surface area (Å²) in [6, 6.07) is 0.892. The Morgan fingerprint density at radius 2 is 2.12 bits per heavy atom. The molecule has 17 heavy (non-hydrogen) atoms. The molecule has 0 fully saturated rings. The van der Waals surface area contributed by atoms with E-state index in [4.69, 9.17) is 28.9 Å². The maximum atomic E-state index is 11.9. The Morgan fingerprint density at radius 3 is 2.59 bits per heavy atom. The fraction of sp³-hybridized carbons (Fsp3) is 0.250. The summed E-state index contributed by atoms with van der Waals surface area (Å²) in [6.07, 6.45) is -2.72. The topological polar surface area (TPSA) is 78.4 Å². The molecule has 94 valence electrons. The highest BCUT2D eigenvalue weighted by Crippen LogP contribution is 2.42. The number of nitro benzene ring substituents is 1. The van der Waals surface area contributed by atoms with Gasteiger partial charge in [0.05, 0.1) is 9.95 Å². The van der Waals surface area contributed by atoms with E-state index in [9.17, 15) is 18.9 Å². The van der Waals surface area contributed by atoms with Crippen LogP contribution in [0.2, 0.25) is 10.0 Å². The fourth-order valence-corrected chi connectivity index (χ4v) is 1.59. The van der Waals surface area contributed by atoms with Crippen molar-refractivity contribution in [3.63, 3.8) is 0 Å². The molecule has 0 amide bonds. The van der Waals surface area contributed by atoms with Crippen LogP contribution in [0.3, 0.4) is 0 Å². The number of nitrogen functional groups attached to an aromatic ring is 1. The minimum atomic E-state index is -2.72. The molecule has 5 nitrogen and oxygen atoms in total. The van der Waals surface area contributed by atoms with E-state index in [0.29, 0.717) is 0 Å². The predicted octanol–water partition coefficient (Wildman–Crippen LogP) is 3.13. The molecular weight excluding hydrogens is 281 g/mol. The fourth-order valence-electron chi connectivity index (χ4n) is 1.03. The van der Waals surface area contributed by atoms with Gasteiger partial charge in [0, 0.05) is 6.07 Å². The molecule has 0 heterocycles. The average molecular weight is 287 g/mol. The third-order valence-corrected chi connectivity index (χ3v) is 2.40. The van der Waals surface area contributed by atoms with Crippen LogP contribution >= 0.6 is 23.2 Å². The van der Waals surface area contributed by atoms with Crippen molar-refractivity contribution in [2.45, 2.75) is 6.43 Å². The second-order valence-corrected chi connectivity index (χ2v) is 3.68. The summed E-state index contributed by atoms with van der Waals surface area (Å²) in [5.41, 5.74) is 4.47. The summed E-state index contributed by atoms with van der Waals surface area (Å²) in [5.74, 6) is -0.295. The molecule has 1 aromatic carbocycles. The lowest BCUT2D eigenvalue weighted by Crippen LogP contribution is -2.08. The number of benzene rings is 1. The van der Waals surface area contributed by atoms with E-state index in [2.05, 4.69) is 4.74 Å². The quantitative estimate of drug-likeness (QED) is 0.524. The number of alkyl halides is 2. The van der Waals surface area contributed by atoms with Gasteiger partial charge in [-0.1, -0.05) is 23.2 Å². The lowest BCUT2D eigenvalue weighted by atomic mass is 10.2. The first-order valence-corrected chi connectivity index (χ1v) is 4.93. The number of rotatable bonds is 4. The molecule has 0 spiro atoms. The number of nitro groups is 1. The number of nitrogens with zero attached hydrogens (tertiary/aromatic N) is 1. The number of anilines is 1. The Labute approximate surface area is 104 Å². The van der Waals surface area contributed by atoms with Crippen LogP contribution in [0.15, 0.2) is 6.07 Å². The summed E-state index contributed by atoms with van der Waals surface area (Å²) >= 11 is 11.3. The highest BCUT2D eigenvalue weighted by atomic mass is 35.5. The van der Waals surface area contributed by atoms with Gasteiger partial charge < -0.3 is 10.5 Å². The van der Waals surface area contributed by atoms with E-state index in [1.165, 1.54) is 0 Å². The molecule has 0 aliphatic rings. The molecule has 0 saturated heterocycles. The van der Waals surface area contributed by atoms with Gasteiger partial charge in [-0.3, -0.25) is 10.1 Å². The second-order valence-electron chi connectivity index (χ2n) is 2.89. The second kappa shape index (κ2) is 5.33. The van der Waals surface area contributed by atoms with Crippen LogP contribution in [0.1, 0.15) is 0 Å². The minimum absolute atomic E-state index is 0.253. The van der Waals surface area contributed by atoms with E-state index >= 15 is 0 Å². The predicted molar refractivity (Wildman–Crippen MR) is 59.0 cm³/mol. The van der Waals surface area contributed by atoms with Crippen LogP contribution in [-0.4, -0.2) is 18.0 Å². The van der Waals surface area contributed by atoms with Gasteiger partial charge in [-0.05, 0) is 0 Å². The zero-order chi connectivity index (χ0) is 13.2. The Morgan fingerprint density at radius 1 is 1.53 bits per heavy atom. The van der Waals surface area contributed by atoms with Crippen molar-refractivity contribution in [1.82, 2.24) is 0 Å². The Kier molecular flexibility index (Phi) is 4.30. The van der Waals surface area contributed by atoms with E-state index in [1.807, 2.05) is 0 Å². The van der Waals surface area contributed by atoms with Crippen LogP contribution in [0.5, 0.6) is 5.75 Å². The van der Waals surface area contributed by atoms with Crippen LogP contribution in [0, 0.1) is 10.1 Å². The Hall–Kier alpha value is -1.34. The van der Waals surface area contributed by atoms with Gasteiger partial charge in [-0.2, -0.15) is 0 Å². The maximum absolute atomic E-state index is 11.9. The summed E-state index contributed by atoms with van der Waals surface area (Å²) in [4.78, 5) is 9.76. The van der Waals surface area contributed by atoms with Crippen molar-refractivity contribution in [2.75, 3.05) is 12.3 Å². The van der Waals surface area contributed by atoms with Gasteiger partial charge in [0.2, 0.25) is 0 Å². The van der Waals surface area contributed by atoms with Gasteiger partial charge in [0.1, 0.15) is 17.3 Å². The summed E-state index contributed by atoms with van der Waals surface area (Å²) < 4.78 is 28.5. The molecule has 9 heteroatoms. The smallest absolute Gasteiger partial charge is 0.295 e. The van der Waals surface area contributed by atoms with E-state index < -0.39 is 23.6 Å². The monoisotopic (exact) mass is 286 g/mol. The Bertz CT molecular complexity index is 457. The largest absolute Gasteiger partial charge is 0.484 e. The van der Waals surface area contributed by atoms with E-state index in [-0.39, 0.29) is 21.5 Å². The molecule has 2 N–H and O–H groups in total. The highest BCUT2D eigenvalue weighted by molar-refractivity contribution is 6.39. The van der Waals surface area contributed by atoms with Crippen LogP contribution in [0.4, 0.5) is 20.2 Å². The normalized spacial score (nSPS) is 10.6. The number of hydrogen-bond donors (Lipinski definition) is 1. The standard InChI is InChI=1S/C8H6Cl2F2N2O3/c9-3-1-4(14(15)16)7(13)6(10)8(3)17-2-5(11)12/h1,5H,2,13H2. The first-order chi connectivity index (χ1) is 7.84. The summed E-state index contributed by atoms with van der Waals surface area (Å²) in [5, 5.41) is 9.94. The van der Waals surface area contributed by atoms with Gasteiger partial charge in [-0.15, -0.1) is 0 Å². The first-order valence-electron chi connectivity index (χ1n) is 4.17. The Balaban J connectivity index is 3.16. The number of nitrogens with two attached hydrogens (primary N) is 1. The van der Waals surface area contributed by atoms with Gasteiger partial charge in [0.15, 0.2) is 5.75 Å². The molecule has 1 rings (SSSR count). The van der Waals surface area contributed by atoms with Gasteiger partial charge in [0.25, 0.3) is 12.1 Å². The lowest BCUT2D eigenvalue weighted by molar-refractivity contribution is -0.383. The zero-order valence-electron chi connectivity index (χ0n) is 8.12. The van der Waals surface area contributed by atoms with Crippen LogP contribution in [-0.2, 0) is 0 Å². The third kappa shape index (κ3) is 3.07. The van der Waals surface area contributed by atoms with Gasteiger partial charge in [-0.25, -0.2) is 8.78 Å². The van der Waals surface area contributed by atoms with Crippen molar-refractivity contribution < 1.29 is 18.4 Å². The van der Waals surface area contributed by atoms with Crippen molar-refractivity contribution in [2.24, 2.45) is 0 Å².